The SMILES string of the molecule is [N-]=[N+]=Nc1ccccc1[C@H]1OC(c2ccc(OCCCO)cc2)=N[C@@]1(Cc1ccccc1Br)C(=O)NCc1cccc(F)c1. The summed E-state index contributed by atoms with van der Waals surface area (Å²) in [4.78, 5) is 22.4. The van der Waals surface area contributed by atoms with Crippen LogP contribution in [0.4, 0.5) is 10.1 Å². The third kappa shape index (κ3) is 6.92. The van der Waals surface area contributed by atoms with E-state index >= 15 is 0 Å². The van der Waals surface area contributed by atoms with Gasteiger partial charge in [-0.05, 0) is 59.1 Å². The molecule has 0 aliphatic carbocycles. The lowest BCUT2D eigenvalue weighted by Gasteiger charge is -2.31. The smallest absolute Gasteiger partial charge is 0.252 e. The topological polar surface area (TPSA) is 129 Å². The molecule has 0 spiro atoms. The Kier molecular flexibility index (Phi) is 9.91. The van der Waals surface area contributed by atoms with Crippen molar-refractivity contribution in [1.82, 2.24) is 5.32 Å². The summed E-state index contributed by atoms with van der Waals surface area (Å²) in [5, 5.41) is 15.9. The number of halogens is 2. The lowest BCUT2D eigenvalue weighted by Crippen LogP contribution is -2.49. The molecule has 0 bridgehead atoms. The van der Waals surface area contributed by atoms with E-state index in [2.05, 4.69) is 31.3 Å². The quantitative estimate of drug-likeness (QED) is 0.0728. The van der Waals surface area contributed by atoms with Crippen molar-refractivity contribution >= 4 is 33.4 Å². The Balaban J connectivity index is 1.61. The third-order valence-corrected chi connectivity index (χ3v) is 7.94. The highest BCUT2D eigenvalue weighted by Gasteiger charge is 2.54. The van der Waals surface area contributed by atoms with Crippen LogP contribution >= 0.6 is 15.9 Å². The zero-order valence-electron chi connectivity index (χ0n) is 23.6. The van der Waals surface area contributed by atoms with Gasteiger partial charge < -0.3 is 19.9 Å². The van der Waals surface area contributed by atoms with E-state index in [9.17, 15) is 14.7 Å². The molecule has 4 aromatic carbocycles. The second-order valence-corrected chi connectivity index (χ2v) is 11.0. The number of ether oxygens (including phenoxy) is 2. The van der Waals surface area contributed by atoms with Crippen molar-refractivity contribution in [2.24, 2.45) is 10.1 Å². The highest BCUT2D eigenvalue weighted by atomic mass is 79.9. The number of amides is 1. The molecule has 0 saturated carbocycles. The average Bonchev–Trinajstić information content (AvgIpc) is 3.42. The Morgan fingerprint density at radius 2 is 1.86 bits per heavy atom. The van der Waals surface area contributed by atoms with Gasteiger partial charge in [0.05, 0.1) is 6.61 Å². The Morgan fingerprint density at radius 1 is 1.09 bits per heavy atom. The zero-order chi connectivity index (χ0) is 30.9. The Bertz CT molecular complexity index is 1710. The van der Waals surface area contributed by atoms with E-state index in [0.29, 0.717) is 41.2 Å². The molecular weight excluding hydrogens is 629 g/mol. The van der Waals surface area contributed by atoms with Crippen LogP contribution in [-0.2, 0) is 22.5 Å². The third-order valence-electron chi connectivity index (χ3n) is 7.16. The van der Waals surface area contributed by atoms with E-state index in [4.69, 9.17) is 19.6 Å². The first-order valence-corrected chi connectivity index (χ1v) is 14.7. The maximum atomic E-state index is 14.4. The summed E-state index contributed by atoms with van der Waals surface area (Å²) in [6.07, 6.45) is -0.351. The summed E-state index contributed by atoms with van der Waals surface area (Å²) in [5.41, 5.74) is 10.5. The number of aliphatic hydroxyl groups is 1. The van der Waals surface area contributed by atoms with Gasteiger partial charge in [0.15, 0.2) is 11.6 Å². The minimum absolute atomic E-state index is 0.0301. The summed E-state index contributed by atoms with van der Waals surface area (Å²) in [6, 6.07) is 27.5. The number of carbonyl (C=O) groups excluding carboxylic acids is 1. The summed E-state index contributed by atoms with van der Waals surface area (Å²) < 4.78 is 26.9. The number of azide groups is 1. The summed E-state index contributed by atoms with van der Waals surface area (Å²) >= 11 is 3.61. The van der Waals surface area contributed by atoms with E-state index in [0.717, 1.165) is 10.0 Å². The van der Waals surface area contributed by atoms with Crippen LogP contribution in [0.15, 0.2) is 112 Å². The van der Waals surface area contributed by atoms with Crippen molar-refractivity contribution in [3.63, 3.8) is 0 Å². The van der Waals surface area contributed by atoms with E-state index in [1.54, 1.807) is 60.7 Å². The lowest BCUT2D eigenvalue weighted by molar-refractivity contribution is -0.129. The Hall–Kier alpha value is -4.70. The van der Waals surface area contributed by atoms with Crippen LogP contribution in [0, 0.1) is 5.82 Å². The van der Waals surface area contributed by atoms with Crippen LogP contribution in [0.2, 0.25) is 0 Å². The highest BCUT2D eigenvalue weighted by Crippen LogP contribution is 2.46. The van der Waals surface area contributed by atoms with E-state index in [-0.39, 0.29) is 25.5 Å². The van der Waals surface area contributed by atoms with Crippen molar-refractivity contribution in [2.45, 2.75) is 31.0 Å². The molecule has 0 unspecified atom stereocenters. The zero-order valence-corrected chi connectivity index (χ0v) is 25.2. The lowest BCUT2D eigenvalue weighted by atomic mass is 9.81. The number of aliphatic hydroxyl groups excluding tert-OH is 1. The molecule has 44 heavy (non-hydrogen) atoms. The number of nitrogens with zero attached hydrogens (tertiary/aromatic N) is 4. The standard InChI is InChI=1S/C33H29BrFN5O4/c34-28-11-3-1-8-24(28)20-33(32(42)37-21-22-7-5-9-25(35)19-22)30(27-10-2-4-12-29(27)39-40-36)44-31(38-33)23-13-15-26(16-14-23)43-18-6-17-41/h1-5,7-16,19,30,41H,6,17-18,20-21H2,(H,37,42)/t30-,33-/m1/s1. The predicted octanol–water partition coefficient (Wildman–Crippen LogP) is 7.11. The molecule has 11 heteroatoms. The number of hydrogen-bond donors (Lipinski definition) is 2. The van der Waals surface area contributed by atoms with E-state index in [1.807, 2.05) is 24.3 Å². The van der Waals surface area contributed by atoms with Gasteiger partial charge in [-0.2, -0.15) is 0 Å². The van der Waals surface area contributed by atoms with Gasteiger partial charge >= 0.3 is 0 Å². The molecule has 0 fully saturated rings. The van der Waals surface area contributed by atoms with Crippen molar-refractivity contribution < 1.29 is 23.8 Å². The fraction of sp³-hybridized carbons (Fsp3) is 0.212. The molecule has 0 radical (unpaired) electrons. The maximum absolute atomic E-state index is 14.4. The molecule has 1 aliphatic heterocycles. The summed E-state index contributed by atoms with van der Waals surface area (Å²) in [7, 11) is 0. The van der Waals surface area contributed by atoms with E-state index < -0.39 is 23.4 Å². The second kappa shape index (κ2) is 14.2. The van der Waals surface area contributed by atoms with Crippen molar-refractivity contribution in [1.29, 1.82) is 0 Å². The first-order chi connectivity index (χ1) is 21.4. The van der Waals surface area contributed by atoms with Crippen molar-refractivity contribution in [3.05, 3.63) is 140 Å². The minimum Gasteiger partial charge on any atom is -0.494 e. The first-order valence-electron chi connectivity index (χ1n) is 13.9. The Labute approximate surface area is 262 Å². The minimum atomic E-state index is -1.55. The number of hydrogen-bond acceptors (Lipinski definition) is 6. The monoisotopic (exact) mass is 657 g/mol. The fourth-order valence-electron chi connectivity index (χ4n) is 5.02. The largest absolute Gasteiger partial charge is 0.494 e. The van der Waals surface area contributed by atoms with Gasteiger partial charge in [0, 0.05) is 52.2 Å². The molecule has 2 atom stereocenters. The normalized spacial score (nSPS) is 17.2. The van der Waals surface area contributed by atoms with Gasteiger partial charge in [-0.25, -0.2) is 9.38 Å². The highest BCUT2D eigenvalue weighted by molar-refractivity contribution is 9.10. The molecule has 2 N–H and O–H groups in total. The van der Waals surface area contributed by atoms with Crippen LogP contribution in [-0.4, -0.2) is 35.7 Å². The van der Waals surface area contributed by atoms with Crippen molar-refractivity contribution in [2.75, 3.05) is 13.2 Å². The molecule has 0 saturated heterocycles. The Morgan fingerprint density at radius 3 is 2.61 bits per heavy atom. The summed E-state index contributed by atoms with van der Waals surface area (Å²) in [5.74, 6) is -0.0228. The van der Waals surface area contributed by atoms with Gasteiger partial charge in [-0.15, -0.1) is 0 Å². The molecule has 4 aromatic rings. The van der Waals surface area contributed by atoms with Crippen LogP contribution < -0.4 is 10.1 Å². The number of rotatable bonds is 12. The molecule has 9 nitrogen and oxygen atoms in total. The van der Waals surface area contributed by atoms with Gasteiger partial charge in [-0.1, -0.05) is 75.6 Å². The van der Waals surface area contributed by atoms with Crippen LogP contribution in [0.1, 0.15) is 34.8 Å². The maximum Gasteiger partial charge on any atom is 0.252 e. The van der Waals surface area contributed by atoms with Gasteiger partial charge in [0.25, 0.3) is 5.91 Å². The number of benzene rings is 4. The molecule has 5 rings (SSSR count). The van der Waals surface area contributed by atoms with Gasteiger partial charge in [-0.3, -0.25) is 4.79 Å². The van der Waals surface area contributed by atoms with Crippen LogP contribution in [0.5, 0.6) is 5.75 Å². The predicted molar refractivity (Wildman–Crippen MR) is 168 cm³/mol. The number of nitrogens with one attached hydrogen (secondary N) is 1. The molecule has 1 heterocycles. The van der Waals surface area contributed by atoms with Crippen LogP contribution in [0.25, 0.3) is 10.4 Å². The van der Waals surface area contributed by atoms with E-state index in [1.165, 1.54) is 12.1 Å². The summed E-state index contributed by atoms with van der Waals surface area (Å²) in [6.45, 7) is 0.457. The van der Waals surface area contributed by atoms with Crippen LogP contribution in [0.3, 0.4) is 0 Å². The first kappa shape index (κ1) is 30.7. The second-order valence-electron chi connectivity index (χ2n) is 10.1. The van der Waals surface area contributed by atoms with Gasteiger partial charge in [0.1, 0.15) is 11.6 Å². The number of carbonyl (C=O) groups is 1. The number of aliphatic imine (C=N–C) groups is 1. The molecule has 1 amide bonds. The molecule has 0 aromatic heterocycles. The molecular formula is C33H29BrFN5O4. The van der Waals surface area contributed by atoms with Gasteiger partial charge in [0.2, 0.25) is 5.90 Å². The fourth-order valence-corrected chi connectivity index (χ4v) is 5.45. The van der Waals surface area contributed by atoms with Crippen molar-refractivity contribution in [3.8, 4) is 5.75 Å². The average molecular weight is 659 g/mol. The molecule has 224 valence electrons. The molecule has 1 aliphatic rings.